The van der Waals surface area contributed by atoms with Gasteiger partial charge in [-0.05, 0) is 35.7 Å². The summed E-state index contributed by atoms with van der Waals surface area (Å²) in [6, 6.07) is 9.51. The molecule has 1 N–H and O–H groups in total. The first-order valence-corrected chi connectivity index (χ1v) is 5.86. The normalized spacial score (nSPS) is 10.7. The molecule has 1 aromatic carbocycles. The average Bonchev–Trinajstić information content (AvgIpc) is 2.90. The number of aromatic amines is 1. The van der Waals surface area contributed by atoms with Gasteiger partial charge in [0.25, 0.3) is 0 Å². The van der Waals surface area contributed by atoms with Crippen LogP contribution in [0.3, 0.4) is 0 Å². The van der Waals surface area contributed by atoms with Crippen molar-refractivity contribution in [2.45, 2.75) is 6.61 Å². The fourth-order valence-corrected chi connectivity index (χ4v) is 1.97. The van der Waals surface area contributed by atoms with Crippen LogP contribution in [-0.2, 0) is 6.61 Å². The zero-order valence-electron chi connectivity index (χ0n) is 9.43. The quantitative estimate of drug-likeness (QED) is 0.735. The molecule has 0 aliphatic carbocycles. The van der Waals surface area contributed by atoms with E-state index in [2.05, 4.69) is 15.2 Å². The predicted molar refractivity (Wildman–Crippen MR) is 69.7 cm³/mol. The van der Waals surface area contributed by atoms with Gasteiger partial charge >= 0.3 is 0 Å². The van der Waals surface area contributed by atoms with Crippen LogP contribution < -0.4 is 4.74 Å². The van der Waals surface area contributed by atoms with Gasteiger partial charge in [0.15, 0.2) is 0 Å². The van der Waals surface area contributed by atoms with Gasteiger partial charge in [0, 0.05) is 17.8 Å². The molecule has 0 saturated heterocycles. The van der Waals surface area contributed by atoms with Crippen molar-refractivity contribution in [1.82, 2.24) is 15.2 Å². The van der Waals surface area contributed by atoms with Crippen LogP contribution >= 0.6 is 11.6 Å². The van der Waals surface area contributed by atoms with Gasteiger partial charge in [-0.1, -0.05) is 11.6 Å². The summed E-state index contributed by atoms with van der Waals surface area (Å²) in [5.74, 6) is 0.785. The second-order valence-electron chi connectivity index (χ2n) is 3.84. The van der Waals surface area contributed by atoms with E-state index in [1.165, 1.54) is 0 Å². The van der Waals surface area contributed by atoms with Gasteiger partial charge in [-0.15, -0.1) is 0 Å². The molecule has 3 aromatic rings. The Morgan fingerprint density at radius 1 is 1.22 bits per heavy atom. The molecular formula is C13H10ClN3O. The number of fused-ring (bicyclic) bond motifs is 1. The summed E-state index contributed by atoms with van der Waals surface area (Å²) in [5.41, 5.74) is 0.864. The van der Waals surface area contributed by atoms with Crippen LogP contribution in [0.5, 0.6) is 5.75 Å². The van der Waals surface area contributed by atoms with E-state index in [-0.39, 0.29) is 0 Å². The average molecular weight is 260 g/mol. The number of pyridine rings is 1. The maximum absolute atomic E-state index is 6.00. The molecule has 0 atom stereocenters. The Morgan fingerprint density at radius 3 is 3.00 bits per heavy atom. The summed E-state index contributed by atoms with van der Waals surface area (Å²) in [6.07, 6.45) is 3.45. The number of ether oxygens (including phenoxy) is 1. The highest BCUT2D eigenvalue weighted by atomic mass is 35.5. The zero-order chi connectivity index (χ0) is 12.4. The molecule has 0 bridgehead atoms. The van der Waals surface area contributed by atoms with Crippen LogP contribution in [0.2, 0.25) is 5.15 Å². The Balaban J connectivity index is 1.85. The number of halogens is 1. The highest BCUT2D eigenvalue weighted by molar-refractivity contribution is 6.34. The number of hydrogen-bond acceptors (Lipinski definition) is 3. The molecule has 2 heterocycles. The summed E-state index contributed by atoms with van der Waals surface area (Å²) in [6.45, 7) is 0.438. The summed E-state index contributed by atoms with van der Waals surface area (Å²) in [4.78, 5) is 4.03. The van der Waals surface area contributed by atoms with Crippen molar-refractivity contribution in [3.8, 4) is 5.75 Å². The van der Waals surface area contributed by atoms with Crippen LogP contribution in [-0.4, -0.2) is 15.2 Å². The minimum absolute atomic E-state index is 0.438. The van der Waals surface area contributed by atoms with Crippen molar-refractivity contribution in [2.75, 3.05) is 0 Å². The minimum atomic E-state index is 0.438. The predicted octanol–water partition coefficient (Wildman–Crippen LogP) is 3.19. The highest BCUT2D eigenvalue weighted by Gasteiger charge is 2.02. The highest BCUT2D eigenvalue weighted by Crippen LogP contribution is 2.25. The van der Waals surface area contributed by atoms with Crippen LogP contribution in [0.4, 0.5) is 0 Å². The number of rotatable bonds is 3. The largest absolute Gasteiger partial charge is 0.487 e. The zero-order valence-corrected chi connectivity index (χ0v) is 10.2. The Hall–Kier alpha value is -2.07. The third-order valence-electron chi connectivity index (χ3n) is 2.63. The van der Waals surface area contributed by atoms with Crippen molar-refractivity contribution < 1.29 is 4.74 Å². The summed E-state index contributed by atoms with van der Waals surface area (Å²) >= 11 is 6.00. The fraction of sp³-hybridized carbons (Fsp3) is 0.0769. The first kappa shape index (κ1) is 11.0. The molecule has 90 valence electrons. The van der Waals surface area contributed by atoms with Crippen molar-refractivity contribution >= 4 is 22.4 Å². The molecule has 0 aliphatic heterocycles. The van der Waals surface area contributed by atoms with Gasteiger partial charge < -0.3 is 4.74 Å². The van der Waals surface area contributed by atoms with Crippen LogP contribution in [0.15, 0.2) is 42.7 Å². The second-order valence-corrected chi connectivity index (χ2v) is 4.20. The Labute approximate surface area is 109 Å². The molecule has 0 saturated carbocycles. The molecule has 2 aromatic heterocycles. The van der Waals surface area contributed by atoms with Crippen molar-refractivity contribution in [2.24, 2.45) is 0 Å². The fourth-order valence-electron chi connectivity index (χ4n) is 1.74. The maximum Gasteiger partial charge on any atom is 0.136 e. The molecule has 0 amide bonds. The van der Waals surface area contributed by atoms with E-state index in [4.69, 9.17) is 16.3 Å². The third-order valence-corrected chi connectivity index (χ3v) is 2.93. The number of nitrogens with zero attached hydrogens (tertiary/aromatic N) is 2. The van der Waals surface area contributed by atoms with E-state index in [9.17, 15) is 0 Å². The van der Waals surface area contributed by atoms with E-state index < -0.39 is 0 Å². The summed E-state index contributed by atoms with van der Waals surface area (Å²) in [5, 5.41) is 9.21. The molecule has 0 spiro atoms. The Kier molecular flexibility index (Phi) is 2.86. The molecular weight excluding hydrogens is 250 g/mol. The molecule has 0 unspecified atom stereocenters. The lowest BCUT2D eigenvalue weighted by atomic mass is 10.2. The van der Waals surface area contributed by atoms with Gasteiger partial charge in [-0.2, -0.15) is 5.10 Å². The van der Waals surface area contributed by atoms with E-state index in [1.807, 2.05) is 30.3 Å². The molecule has 18 heavy (non-hydrogen) atoms. The monoisotopic (exact) mass is 259 g/mol. The van der Waals surface area contributed by atoms with E-state index >= 15 is 0 Å². The van der Waals surface area contributed by atoms with Crippen molar-refractivity contribution in [1.29, 1.82) is 0 Å². The summed E-state index contributed by atoms with van der Waals surface area (Å²) < 4.78 is 5.65. The lowest BCUT2D eigenvalue weighted by Crippen LogP contribution is -1.95. The van der Waals surface area contributed by atoms with Crippen LogP contribution in [0.25, 0.3) is 10.8 Å². The molecule has 3 rings (SSSR count). The number of aromatic nitrogens is 3. The number of H-pyrrole nitrogens is 1. The number of benzene rings is 1. The first-order chi connectivity index (χ1) is 8.83. The minimum Gasteiger partial charge on any atom is -0.487 e. The maximum atomic E-state index is 6.00. The first-order valence-electron chi connectivity index (χ1n) is 5.49. The Morgan fingerprint density at radius 2 is 2.17 bits per heavy atom. The van der Waals surface area contributed by atoms with E-state index in [0.717, 1.165) is 22.2 Å². The number of hydrogen-bond donors (Lipinski definition) is 1. The second kappa shape index (κ2) is 4.66. The Bertz CT molecular complexity index is 667. The number of nitrogens with one attached hydrogen (secondary N) is 1. The SMILES string of the molecule is Clc1nccc2cc(OCc3cc[nH]n3)ccc12. The lowest BCUT2D eigenvalue weighted by Gasteiger charge is -2.06. The molecule has 5 heteroatoms. The van der Waals surface area contributed by atoms with Gasteiger partial charge in [-0.25, -0.2) is 4.98 Å². The summed E-state index contributed by atoms with van der Waals surface area (Å²) in [7, 11) is 0. The van der Waals surface area contributed by atoms with Gasteiger partial charge in [0.05, 0.1) is 5.69 Å². The smallest absolute Gasteiger partial charge is 0.136 e. The van der Waals surface area contributed by atoms with Gasteiger partial charge in [0.1, 0.15) is 17.5 Å². The standard InChI is InChI=1S/C13H10ClN3O/c14-13-12-2-1-11(7-9(12)3-5-15-13)18-8-10-4-6-16-17-10/h1-7H,8H2,(H,16,17). The van der Waals surface area contributed by atoms with Crippen molar-refractivity contribution in [3.05, 3.63) is 53.6 Å². The van der Waals surface area contributed by atoms with Crippen LogP contribution in [0, 0.1) is 0 Å². The molecule has 0 radical (unpaired) electrons. The van der Waals surface area contributed by atoms with Crippen LogP contribution in [0.1, 0.15) is 5.69 Å². The third kappa shape index (κ3) is 2.15. The lowest BCUT2D eigenvalue weighted by molar-refractivity contribution is 0.301. The van der Waals surface area contributed by atoms with E-state index in [0.29, 0.717) is 11.8 Å². The van der Waals surface area contributed by atoms with E-state index in [1.54, 1.807) is 12.4 Å². The van der Waals surface area contributed by atoms with Crippen molar-refractivity contribution in [3.63, 3.8) is 0 Å². The van der Waals surface area contributed by atoms with Gasteiger partial charge in [0.2, 0.25) is 0 Å². The molecule has 0 aliphatic rings. The molecule has 0 fully saturated rings. The topological polar surface area (TPSA) is 50.8 Å². The molecule has 4 nitrogen and oxygen atoms in total. The van der Waals surface area contributed by atoms with Gasteiger partial charge in [-0.3, -0.25) is 5.10 Å².